The Hall–Kier alpha value is -1.82. The number of amides is 1. The van der Waals surface area contributed by atoms with Crippen molar-refractivity contribution in [3.8, 4) is 0 Å². The van der Waals surface area contributed by atoms with Gasteiger partial charge < -0.3 is 5.32 Å². The minimum atomic E-state index is -0.199. The van der Waals surface area contributed by atoms with Crippen LogP contribution in [0.2, 0.25) is 10.0 Å². The lowest BCUT2D eigenvalue weighted by Gasteiger charge is -2.09. The monoisotopic (exact) mass is 377 g/mol. The van der Waals surface area contributed by atoms with Crippen LogP contribution in [0.1, 0.15) is 5.82 Å². The second-order valence-electron chi connectivity index (χ2n) is 5.03. The number of hydrogen-bond acceptors (Lipinski definition) is 4. The van der Waals surface area contributed by atoms with Crippen LogP contribution in [0.5, 0.6) is 0 Å². The fourth-order valence-corrected chi connectivity index (χ4v) is 3.55. The molecule has 0 spiro atoms. The summed E-state index contributed by atoms with van der Waals surface area (Å²) in [6, 6.07) is 12.8. The van der Waals surface area contributed by atoms with Gasteiger partial charge in [0.25, 0.3) is 0 Å². The van der Waals surface area contributed by atoms with Crippen LogP contribution in [0.4, 0.5) is 5.69 Å². The van der Waals surface area contributed by atoms with Gasteiger partial charge in [0.05, 0.1) is 27.0 Å². The zero-order chi connectivity index (χ0) is 17.1. The summed E-state index contributed by atoms with van der Waals surface area (Å²) in [5.74, 6) is 0.670. The fourth-order valence-electron chi connectivity index (χ4n) is 2.20. The van der Waals surface area contributed by atoms with Gasteiger partial charge in [0.15, 0.2) is 0 Å². The molecule has 3 aromatic rings. The average molecular weight is 378 g/mol. The van der Waals surface area contributed by atoms with E-state index in [1.165, 1.54) is 11.8 Å². The van der Waals surface area contributed by atoms with Crippen LogP contribution in [0.25, 0.3) is 10.9 Å². The lowest BCUT2D eigenvalue weighted by atomic mass is 10.2. The van der Waals surface area contributed by atoms with Gasteiger partial charge in [0.1, 0.15) is 10.9 Å². The van der Waals surface area contributed by atoms with Gasteiger partial charge in [-0.25, -0.2) is 9.97 Å². The standard InChI is InChI=1S/C17H13Cl2N3OS/c1-10-20-14-8-3-2-5-11(14)17(21-10)24-9-15(23)22-16-12(18)6-4-7-13(16)19/h2-8H,9H2,1H3,(H,22,23). The minimum absolute atomic E-state index is 0.196. The largest absolute Gasteiger partial charge is 0.323 e. The number of carbonyl (C=O) groups excluding carboxylic acids is 1. The third-order valence-corrected chi connectivity index (χ3v) is 4.87. The highest BCUT2D eigenvalue weighted by molar-refractivity contribution is 8.00. The molecule has 0 saturated carbocycles. The first-order chi connectivity index (χ1) is 11.5. The summed E-state index contributed by atoms with van der Waals surface area (Å²) in [6.07, 6.45) is 0. The summed E-state index contributed by atoms with van der Waals surface area (Å²) in [5, 5.41) is 5.26. The Morgan fingerprint density at radius 1 is 1.08 bits per heavy atom. The first-order valence-electron chi connectivity index (χ1n) is 7.14. The van der Waals surface area contributed by atoms with E-state index in [1.807, 2.05) is 31.2 Å². The van der Waals surface area contributed by atoms with Crippen molar-refractivity contribution in [2.75, 3.05) is 11.1 Å². The summed E-state index contributed by atoms with van der Waals surface area (Å²) in [6.45, 7) is 1.83. The average Bonchev–Trinajstić information content (AvgIpc) is 2.56. The predicted octanol–water partition coefficient (Wildman–Crippen LogP) is 4.98. The van der Waals surface area contributed by atoms with Gasteiger partial charge in [-0.15, -0.1) is 0 Å². The lowest BCUT2D eigenvalue weighted by Crippen LogP contribution is -2.15. The molecule has 3 rings (SSSR count). The number of nitrogens with one attached hydrogen (secondary N) is 1. The van der Waals surface area contributed by atoms with Crippen LogP contribution in [-0.4, -0.2) is 21.6 Å². The molecule has 0 saturated heterocycles. The molecular weight excluding hydrogens is 365 g/mol. The molecule has 0 atom stereocenters. The van der Waals surface area contributed by atoms with Gasteiger partial charge in [-0.1, -0.05) is 59.2 Å². The Bertz CT molecular complexity index is 897. The number of carbonyl (C=O) groups is 1. The van der Waals surface area contributed by atoms with Crippen molar-refractivity contribution in [2.24, 2.45) is 0 Å². The molecule has 0 fully saturated rings. The number of benzene rings is 2. The maximum atomic E-state index is 12.2. The highest BCUT2D eigenvalue weighted by Gasteiger charge is 2.12. The van der Waals surface area contributed by atoms with E-state index in [-0.39, 0.29) is 11.7 Å². The smallest absolute Gasteiger partial charge is 0.234 e. The topological polar surface area (TPSA) is 54.9 Å². The van der Waals surface area contributed by atoms with E-state index < -0.39 is 0 Å². The Balaban J connectivity index is 1.75. The summed E-state index contributed by atoms with van der Waals surface area (Å²) < 4.78 is 0. The van der Waals surface area contributed by atoms with Crippen molar-refractivity contribution >= 4 is 57.5 Å². The molecule has 1 amide bonds. The van der Waals surface area contributed by atoms with Crippen LogP contribution in [-0.2, 0) is 4.79 Å². The van der Waals surface area contributed by atoms with Gasteiger partial charge in [0, 0.05) is 5.39 Å². The highest BCUT2D eigenvalue weighted by atomic mass is 35.5. The third kappa shape index (κ3) is 3.80. The molecule has 4 nitrogen and oxygen atoms in total. The van der Waals surface area contributed by atoms with Crippen LogP contribution >= 0.6 is 35.0 Å². The number of aromatic nitrogens is 2. The molecule has 122 valence electrons. The summed E-state index contributed by atoms with van der Waals surface area (Å²) >= 11 is 13.5. The summed E-state index contributed by atoms with van der Waals surface area (Å²) in [7, 11) is 0. The van der Waals surface area contributed by atoms with Crippen molar-refractivity contribution < 1.29 is 4.79 Å². The second kappa shape index (κ2) is 7.38. The molecule has 0 radical (unpaired) electrons. The van der Waals surface area contributed by atoms with Gasteiger partial charge in [-0.05, 0) is 25.1 Å². The number of para-hydroxylation sites is 2. The summed E-state index contributed by atoms with van der Waals surface area (Å²) in [5.41, 5.74) is 1.29. The number of anilines is 1. The molecule has 1 N–H and O–H groups in total. The Kier molecular flexibility index (Phi) is 5.23. The highest BCUT2D eigenvalue weighted by Crippen LogP contribution is 2.30. The number of rotatable bonds is 4. The van der Waals surface area contributed by atoms with Crippen molar-refractivity contribution in [1.82, 2.24) is 9.97 Å². The minimum Gasteiger partial charge on any atom is -0.323 e. The molecule has 2 aromatic carbocycles. The van der Waals surface area contributed by atoms with E-state index >= 15 is 0 Å². The number of fused-ring (bicyclic) bond motifs is 1. The number of aryl methyl sites for hydroxylation is 1. The van der Waals surface area contributed by atoms with E-state index in [9.17, 15) is 4.79 Å². The van der Waals surface area contributed by atoms with Crippen molar-refractivity contribution in [3.05, 3.63) is 58.3 Å². The summed E-state index contributed by atoms with van der Waals surface area (Å²) in [4.78, 5) is 21.0. The molecule has 0 aliphatic rings. The fraction of sp³-hybridized carbons (Fsp3) is 0.118. The molecule has 0 aliphatic carbocycles. The van der Waals surface area contributed by atoms with Gasteiger partial charge in [-0.3, -0.25) is 4.79 Å². The first kappa shape index (κ1) is 17.0. The van der Waals surface area contributed by atoms with Crippen molar-refractivity contribution in [2.45, 2.75) is 11.9 Å². The molecule has 0 unspecified atom stereocenters. The Morgan fingerprint density at radius 3 is 2.54 bits per heavy atom. The first-order valence-corrected chi connectivity index (χ1v) is 8.89. The normalized spacial score (nSPS) is 10.8. The SMILES string of the molecule is Cc1nc(SCC(=O)Nc2c(Cl)cccc2Cl)c2ccccc2n1. The van der Waals surface area contributed by atoms with Crippen molar-refractivity contribution in [3.63, 3.8) is 0 Å². The molecule has 24 heavy (non-hydrogen) atoms. The van der Waals surface area contributed by atoms with E-state index in [2.05, 4.69) is 15.3 Å². The molecular formula is C17H13Cl2N3OS. The van der Waals surface area contributed by atoms with E-state index in [4.69, 9.17) is 23.2 Å². The quantitative estimate of drug-likeness (QED) is 0.514. The molecule has 1 aromatic heterocycles. The number of nitrogens with zero attached hydrogens (tertiary/aromatic N) is 2. The van der Waals surface area contributed by atoms with Gasteiger partial charge >= 0.3 is 0 Å². The maximum Gasteiger partial charge on any atom is 0.234 e. The van der Waals surface area contributed by atoms with E-state index in [1.54, 1.807) is 18.2 Å². The lowest BCUT2D eigenvalue weighted by molar-refractivity contribution is -0.113. The molecule has 1 heterocycles. The van der Waals surface area contributed by atoms with Crippen molar-refractivity contribution in [1.29, 1.82) is 0 Å². The van der Waals surface area contributed by atoms with Crippen LogP contribution in [0.3, 0.4) is 0 Å². The second-order valence-corrected chi connectivity index (χ2v) is 6.81. The molecule has 7 heteroatoms. The maximum absolute atomic E-state index is 12.2. The number of thioether (sulfide) groups is 1. The van der Waals surface area contributed by atoms with Crippen LogP contribution < -0.4 is 5.32 Å². The van der Waals surface area contributed by atoms with E-state index in [0.717, 1.165) is 15.9 Å². The Labute approximate surface area is 153 Å². The zero-order valence-corrected chi connectivity index (χ0v) is 15.0. The van der Waals surface area contributed by atoms with Crippen LogP contribution in [0, 0.1) is 6.92 Å². The Morgan fingerprint density at radius 2 is 1.79 bits per heavy atom. The van der Waals surface area contributed by atoms with E-state index in [0.29, 0.717) is 21.6 Å². The number of halogens is 2. The molecule has 0 aliphatic heterocycles. The zero-order valence-electron chi connectivity index (χ0n) is 12.7. The predicted molar refractivity (Wildman–Crippen MR) is 100 cm³/mol. The van der Waals surface area contributed by atoms with Crippen LogP contribution in [0.15, 0.2) is 47.5 Å². The number of hydrogen-bond donors (Lipinski definition) is 1. The molecule has 0 bridgehead atoms. The van der Waals surface area contributed by atoms with Gasteiger partial charge in [-0.2, -0.15) is 0 Å². The van der Waals surface area contributed by atoms with Gasteiger partial charge in [0.2, 0.25) is 5.91 Å². The third-order valence-electron chi connectivity index (χ3n) is 3.25.